The van der Waals surface area contributed by atoms with Crippen LogP contribution in [0.5, 0.6) is 0 Å². The standard InChI is InChI=1S/C24H31N3O4S2/c1-18-9-10-19(2)22(17-18)33(30,31)27-14-12-26(13-15-27)24(29)21(11-16-32-3)25-23(28)20-7-5-4-6-8-20/h4-10,17,21H,11-16H2,1-3H3,(H,25,28)/t21-/m1/s1. The second-order valence-corrected chi connectivity index (χ2v) is 11.1. The minimum absolute atomic E-state index is 0.169. The summed E-state index contributed by atoms with van der Waals surface area (Å²) >= 11 is 1.61. The van der Waals surface area contributed by atoms with E-state index in [9.17, 15) is 18.0 Å². The van der Waals surface area contributed by atoms with E-state index in [1.165, 1.54) is 4.31 Å². The highest BCUT2D eigenvalue weighted by Crippen LogP contribution is 2.23. The summed E-state index contributed by atoms with van der Waals surface area (Å²) in [5.41, 5.74) is 2.10. The molecule has 33 heavy (non-hydrogen) atoms. The molecule has 1 saturated heterocycles. The molecular weight excluding hydrogens is 458 g/mol. The second-order valence-electron chi connectivity index (χ2n) is 8.17. The van der Waals surface area contributed by atoms with Crippen molar-refractivity contribution in [3.8, 4) is 0 Å². The van der Waals surface area contributed by atoms with Crippen molar-refractivity contribution in [2.45, 2.75) is 31.2 Å². The van der Waals surface area contributed by atoms with Gasteiger partial charge in [-0.15, -0.1) is 0 Å². The van der Waals surface area contributed by atoms with E-state index >= 15 is 0 Å². The number of sulfonamides is 1. The first-order valence-corrected chi connectivity index (χ1v) is 13.8. The molecule has 0 aliphatic carbocycles. The Kier molecular flexibility index (Phi) is 8.56. The van der Waals surface area contributed by atoms with Crippen molar-refractivity contribution in [2.75, 3.05) is 38.2 Å². The number of carbonyl (C=O) groups excluding carboxylic acids is 2. The number of benzene rings is 2. The summed E-state index contributed by atoms with van der Waals surface area (Å²) in [5.74, 6) is 0.273. The Morgan fingerprint density at radius 3 is 2.33 bits per heavy atom. The molecule has 0 unspecified atom stereocenters. The molecule has 178 valence electrons. The topological polar surface area (TPSA) is 86.8 Å². The van der Waals surface area contributed by atoms with Gasteiger partial charge in [0.15, 0.2) is 0 Å². The Bertz CT molecular complexity index is 1080. The first kappa shape index (κ1) is 25.3. The smallest absolute Gasteiger partial charge is 0.251 e. The average molecular weight is 490 g/mol. The number of thioether (sulfide) groups is 1. The van der Waals surface area contributed by atoms with Crippen molar-refractivity contribution < 1.29 is 18.0 Å². The molecule has 2 amide bonds. The third kappa shape index (κ3) is 6.16. The van der Waals surface area contributed by atoms with Gasteiger partial charge in [-0.1, -0.05) is 30.3 Å². The van der Waals surface area contributed by atoms with Gasteiger partial charge in [0.2, 0.25) is 15.9 Å². The molecule has 0 spiro atoms. The van der Waals surface area contributed by atoms with E-state index in [0.29, 0.717) is 35.5 Å². The van der Waals surface area contributed by atoms with Gasteiger partial charge in [0.25, 0.3) is 5.91 Å². The molecule has 0 bridgehead atoms. The number of hydrogen-bond donors (Lipinski definition) is 1. The fourth-order valence-corrected chi connectivity index (χ4v) is 6.02. The summed E-state index contributed by atoms with van der Waals surface area (Å²) in [5, 5.41) is 2.87. The van der Waals surface area contributed by atoms with Crippen LogP contribution in [-0.4, -0.2) is 73.7 Å². The molecular formula is C24H31N3O4S2. The molecule has 1 aliphatic heterocycles. The third-order valence-electron chi connectivity index (χ3n) is 5.76. The van der Waals surface area contributed by atoms with Crippen LogP contribution < -0.4 is 5.32 Å². The van der Waals surface area contributed by atoms with Crippen LogP contribution in [0.25, 0.3) is 0 Å². The highest BCUT2D eigenvalue weighted by atomic mass is 32.2. The van der Waals surface area contributed by atoms with Gasteiger partial charge in [-0.2, -0.15) is 16.1 Å². The lowest BCUT2D eigenvalue weighted by atomic mass is 10.1. The van der Waals surface area contributed by atoms with E-state index in [2.05, 4.69) is 5.32 Å². The minimum Gasteiger partial charge on any atom is -0.340 e. The maximum Gasteiger partial charge on any atom is 0.251 e. The van der Waals surface area contributed by atoms with Crippen LogP contribution in [0.3, 0.4) is 0 Å². The van der Waals surface area contributed by atoms with Crippen molar-refractivity contribution >= 4 is 33.6 Å². The summed E-state index contributed by atoms with van der Waals surface area (Å²) in [6.07, 6.45) is 2.47. The van der Waals surface area contributed by atoms with Crippen molar-refractivity contribution in [1.82, 2.24) is 14.5 Å². The summed E-state index contributed by atoms with van der Waals surface area (Å²) in [4.78, 5) is 27.8. The van der Waals surface area contributed by atoms with E-state index in [0.717, 1.165) is 11.3 Å². The molecule has 3 rings (SSSR count). The number of amides is 2. The van der Waals surface area contributed by atoms with E-state index in [1.807, 2.05) is 31.4 Å². The number of rotatable bonds is 8. The molecule has 0 radical (unpaired) electrons. The number of carbonyl (C=O) groups is 2. The Balaban J connectivity index is 1.67. The number of hydrogen-bond acceptors (Lipinski definition) is 5. The molecule has 0 saturated carbocycles. The van der Waals surface area contributed by atoms with Crippen LogP contribution in [-0.2, 0) is 14.8 Å². The van der Waals surface area contributed by atoms with Gasteiger partial charge >= 0.3 is 0 Å². The van der Waals surface area contributed by atoms with Gasteiger partial charge in [0.1, 0.15) is 6.04 Å². The predicted octanol–water partition coefficient (Wildman–Crippen LogP) is 2.69. The zero-order chi connectivity index (χ0) is 24.0. The van der Waals surface area contributed by atoms with Gasteiger partial charge in [-0.3, -0.25) is 9.59 Å². The molecule has 9 heteroatoms. The Morgan fingerprint density at radius 2 is 1.70 bits per heavy atom. The van der Waals surface area contributed by atoms with Gasteiger partial charge in [0, 0.05) is 31.7 Å². The van der Waals surface area contributed by atoms with Crippen LogP contribution in [0.4, 0.5) is 0 Å². The fraction of sp³-hybridized carbons (Fsp3) is 0.417. The number of nitrogens with zero attached hydrogens (tertiary/aromatic N) is 2. The zero-order valence-electron chi connectivity index (χ0n) is 19.3. The molecule has 1 aliphatic rings. The number of aryl methyl sites for hydroxylation is 2. The summed E-state index contributed by atoms with van der Waals surface area (Å²) in [7, 11) is -3.63. The minimum atomic E-state index is -3.63. The summed E-state index contributed by atoms with van der Waals surface area (Å²) in [6, 6.07) is 13.6. The molecule has 2 aromatic rings. The quantitative estimate of drug-likeness (QED) is 0.616. The molecule has 7 nitrogen and oxygen atoms in total. The predicted molar refractivity (Wildman–Crippen MR) is 132 cm³/mol. The molecule has 1 heterocycles. The molecule has 1 atom stereocenters. The zero-order valence-corrected chi connectivity index (χ0v) is 20.9. The van der Waals surface area contributed by atoms with Crippen LogP contribution in [0.1, 0.15) is 27.9 Å². The van der Waals surface area contributed by atoms with Gasteiger partial charge in [-0.25, -0.2) is 8.42 Å². The SMILES string of the molecule is CSCC[C@@H](NC(=O)c1ccccc1)C(=O)N1CCN(S(=O)(=O)c2cc(C)ccc2C)CC1. The normalized spacial score (nSPS) is 15.8. The number of piperazine rings is 1. The average Bonchev–Trinajstić information content (AvgIpc) is 2.83. The fourth-order valence-electron chi connectivity index (χ4n) is 3.82. The Labute approximate surface area is 200 Å². The van der Waals surface area contributed by atoms with Gasteiger partial charge < -0.3 is 10.2 Å². The van der Waals surface area contributed by atoms with E-state index in [4.69, 9.17) is 0 Å². The van der Waals surface area contributed by atoms with Crippen LogP contribution in [0, 0.1) is 13.8 Å². The highest BCUT2D eigenvalue weighted by Gasteiger charge is 2.33. The van der Waals surface area contributed by atoms with Gasteiger partial charge in [-0.05, 0) is 61.6 Å². The first-order chi connectivity index (χ1) is 15.7. The summed E-state index contributed by atoms with van der Waals surface area (Å²) in [6.45, 7) is 4.69. The third-order valence-corrected chi connectivity index (χ3v) is 8.45. The lowest BCUT2D eigenvalue weighted by Crippen LogP contribution is -2.56. The van der Waals surface area contributed by atoms with Crippen LogP contribution >= 0.6 is 11.8 Å². The molecule has 1 N–H and O–H groups in total. The van der Waals surface area contributed by atoms with E-state index in [-0.39, 0.29) is 24.9 Å². The Hall–Kier alpha value is -2.36. The van der Waals surface area contributed by atoms with Crippen molar-refractivity contribution in [3.63, 3.8) is 0 Å². The van der Waals surface area contributed by atoms with Crippen molar-refractivity contribution in [3.05, 3.63) is 65.2 Å². The monoisotopic (exact) mass is 489 g/mol. The lowest BCUT2D eigenvalue weighted by molar-refractivity contribution is -0.134. The maximum absolute atomic E-state index is 13.2. The second kappa shape index (κ2) is 11.2. The Morgan fingerprint density at radius 1 is 1.03 bits per heavy atom. The van der Waals surface area contributed by atoms with Crippen LogP contribution in [0.2, 0.25) is 0 Å². The lowest BCUT2D eigenvalue weighted by Gasteiger charge is -2.36. The number of nitrogens with one attached hydrogen (secondary N) is 1. The largest absolute Gasteiger partial charge is 0.340 e. The van der Waals surface area contributed by atoms with E-state index < -0.39 is 16.1 Å². The molecule has 1 fully saturated rings. The van der Waals surface area contributed by atoms with Crippen molar-refractivity contribution in [1.29, 1.82) is 0 Å². The highest BCUT2D eigenvalue weighted by molar-refractivity contribution is 7.98. The molecule has 2 aromatic carbocycles. The van der Waals surface area contributed by atoms with E-state index in [1.54, 1.807) is 53.9 Å². The molecule has 0 aromatic heterocycles. The first-order valence-electron chi connectivity index (χ1n) is 10.9. The van der Waals surface area contributed by atoms with Crippen LogP contribution in [0.15, 0.2) is 53.4 Å². The summed E-state index contributed by atoms with van der Waals surface area (Å²) < 4.78 is 27.8. The maximum atomic E-state index is 13.2. The van der Waals surface area contributed by atoms with Gasteiger partial charge in [0.05, 0.1) is 4.90 Å². The van der Waals surface area contributed by atoms with Crippen molar-refractivity contribution in [2.24, 2.45) is 0 Å².